The Hall–Kier alpha value is -5.44. The van der Waals surface area contributed by atoms with Crippen molar-refractivity contribution in [2.24, 2.45) is 0 Å². The van der Waals surface area contributed by atoms with Crippen LogP contribution >= 0.6 is 0 Å². The molecule has 0 unspecified atom stereocenters. The maximum Gasteiger partial charge on any atom is 0.415 e. The van der Waals surface area contributed by atoms with Gasteiger partial charge in [0.2, 0.25) is 5.91 Å². The van der Waals surface area contributed by atoms with Gasteiger partial charge in [-0.25, -0.2) is 14.4 Å². The molecule has 4 aromatic carbocycles. The van der Waals surface area contributed by atoms with Gasteiger partial charge < -0.3 is 44.2 Å². The van der Waals surface area contributed by atoms with Gasteiger partial charge in [0.15, 0.2) is 6.23 Å². The average molecular weight is 769 g/mol. The van der Waals surface area contributed by atoms with E-state index in [0.29, 0.717) is 0 Å². The van der Waals surface area contributed by atoms with E-state index < -0.39 is 79.3 Å². The molecule has 2 amide bonds. The lowest BCUT2D eigenvalue weighted by molar-refractivity contribution is -0.274. The molecule has 0 bridgehead atoms. The van der Waals surface area contributed by atoms with Crippen LogP contribution in [0.4, 0.5) is 4.79 Å². The monoisotopic (exact) mass is 768 g/mol. The van der Waals surface area contributed by atoms with Crippen molar-refractivity contribution in [2.45, 2.75) is 89.3 Å². The first-order valence-corrected chi connectivity index (χ1v) is 18.3. The van der Waals surface area contributed by atoms with E-state index in [1.54, 1.807) is 39.0 Å². The predicted octanol–water partition coefficient (Wildman–Crippen LogP) is 5.24. The van der Waals surface area contributed by atoms with Gasteiger partial charge in [-0.1, -0.05) is 109 Å². The second-order valence-corrected chi connectivity index (χ2v) is 14.1. The zero-order chi connectivity index (χ0) is 39.9. The topological polar surface area (TPSA) is 168 Å². The number of ether oxygens (including phenoxy) is 6. The Morgan fingerprint density at radius 2 is 1.14 bits per heavy atom. The summed E-state index contributed by atoms with van der Waals surface area (Å²) >= 11 is 0. The lowest BCUT2D eigenvalue weighted by Crippen LogP contribution is -2.65. The van der Waals surface area contributed by atoms with Gasteiger partial charge in [0.25, 0.3) is 0 Å². The summed E-state index contributed by atoms with van der Waals surface area (Å²) in [4.78, 5) is 52.6. The fourth-order valence-electron chi connectivity index (χ4n) is 5.91. The van der Waals surface area contributed by atoms with Crippen LogP contribution in [0, 0.1) is 0 Å². The molecule has 1 fully saturated rings. The Kier molecular flexibility index (Phi) is 15.2. The van der Waals surface area contributed by atoms with Crippen LogP contribution in [0.5, 0.6) is 0 Å². The van der Waals surface area contributed by atoms with Gasteiger partial charge in [-0.3, -0.25) is 4.79 Å². The summed E-state index contributed by atoms with van der Waals surface area (Å²) in [6.45, 7) is 4.82. The van der Waals surface area contributed by atoms with Crippen molar-refractivity contribution < 1.29 is 52.7 Å². The number of hydrogen-bond acceptors (Lipinski definition) is 11. The van der Waals surface area contributed by atoms with Gasteiger partial charge in [-0.05, 0) is 49.6 Å². The molecule has 296 valence electrons. The van der Waals surface area contributed by atoms with Crippen molar-refractivity contribution in [1.82, 2.24) is 10.6 Å². The summed E-state index contributed by atoms with van der Waals surface area (Å²) in [6, 6.07) is 34.6. The average Bonchev–Trinajstić information content (AvgIpc) is 3.19. The number of alkyl carbamates (subject to hydrolysis) is 1. The van der Waals surface area contributed by atoms with E-state index in [1.165, 1.54) is 12.1 Å². The number of carbonyl (C=O) groups is 4. The molecular weight excluding hydrogens is 720 g/mol. The number of aliphatic hydroxyl groups excluding tert-OH is 1. The van der Waals surface area contributed by atoms with Crippen molar-refractivity contribution >= 4 is 23.9 Å². The quantitative estimate of drug-likeness (QED) is 0.101. The normalized spacial score (nSPS) is 20.0. The zero-order valence-electron chi connectivity index (χ0n) is 31.6. The van der Waals surface area contributed by atoms with Crippen molar-refractivity contribution in [3.63, 3.8) is 0 Å². The van der Waals surface area contributed by atoms with Gasteiger partial charge in [0.05, 0.1) is 38.4 Å². The van der Waals surface area contributed by atoms with E-state index in [1.807, 2.05) is 91.0 Å². The maximum atomic E-state index is 13.9. The first kappa shape index (κ1) is 41.7. The van der Waals surface area contributed by atoms with E-state index in [0.717, 1.165) is 16.7 Å². The fourth-order valence-corrected chi connectivity index (χ4v) is 5.91. The molecule has 13 nitrogen and oxygen atoms in total. The number of amides is 2. The molecule has 0 radical (unpaired) electrons. The highest BCUT2D eigenvalue weighted by Gasteiger charge is 2.49. The summed E-state index contributed by atoms with van der Waals surface area (Å²) < 4.78 is 36.1. The minimum absolute atomic E-state index is 0.102. The number of rotatable bonds is 16. The molecule has 4 aromatic rings. The van der Waals surface area contributed by atoms with Crippen molar-refractivity contribution in [3.05, 3.63) is 144 Å². The van der Waals surface area contributed by atoms with Crippen LogP contribution in [0.15, 0.2) is 121 Å². The molecule has 0 spiro atoms. The lowest BCUT2D eigenvalue weighted by atomic mass is 9.96. The Labute approximate surface area is 326 Å². The van der Waals surface area contributed by atoms with Gasteiger partial charge in [-0.2, -0.15) is 0 Å². The third-order valence-electron chi connectivity index (χ3n) is 8.54. The van der Waals surface area contributed by atoms with Crippen LogP contribution in [0.1, 0.15) is 54.2 Å². The van der Waals surface area contributed by atoms with Gasteiger partial charge in [-0.15, -0.1) is 0 Å². The fraction of sp³-hybridized carbons (Fsp3) is 0.349. The Morgan fingerprint density at radius 3 is 1.62 bits per heavy atom. The Balaban J connectivity index is 1.39. The molecule has 0 aromatic heterocycles. The van der Waals surface area contributed by atoms with Crippen LogP contribution in [-0.4, -0.2) is 77.9 Å². The molecule has 13 heteroatoms. The largest absolute Gasteiger partial charge is 0.458 e. The number of benzene rings is 4. The number of hydrogen-bond donors (Lipinski definition) is 3. The van der Waals surface area contributed by atoms with Crippen molar-refractivity contribution in [1.29, 1.82) is 0 Å². The molecule has 1 heterocycles. The minimum atomic E-state index is -1.57. The van der Waals surface area contributed by atoms with Gasteiger partial charge in [0, 0.05) is 0 Å². The summed E-state index contributed by atoms with van der Waals surface area (Å²) in [5.74, 6) is -2.65. The SMILES string of the molecule is CC(C)(C)OC(=O)[C@H](CC(=O)N[C@@H]1O[C@H](CO)[C@@H](OCc2ccccc2)[C@H](OCc2ccccc2)[C@H]1OCc1ccccc1)NC(=O)OC(=O)c1ccccc1. The Bertz CT molecular complexity index is 1840. The number of esters is 2. The number of carbonyl (C=O) groups excluding carboxylic acids is 4. The molecule has 1 aliphatic heterocycles. The summed E-state index contributed by atoms with van der Waals surface area (Å²) in [5.41, 5.74) is 1.72. The highest BCUT2D eigenvalue weighted by atomic mass is 16.6. The first-order chi connectivity index (χ1) is 27.0. The lowest BCUT2D eigenvalue weighted by Gasteiger charge is -2.46. The molecule has 0 aliphatic carbocycles. The van der Waals surface area contributed by atoms with Crippen LogP contribution in [0.2, 0.25) is 0 Å². The van der Waals surface area contributed by atoms with Crippen LogP contribution < -0.4 is 10.6 Å². The smallest absolute Gasteiger partial charge is 0.415 e. The van der Waals surface area contributed by atoms with Crippen molar-refractivity contribution in [3.8, 4) is 0 Å². The predicted molar refractivity (Wildman–Crippen MR) is 204 cm³/mol. The van der Waals surface area contributed by atoms with Gasteiger partial charge >= 0.3 is 18.0 Å². The zero-order valence-corrected chi connectivity index (χ0v) is 31.6. The minimum Gasteiger partial charge on any atom is -0.458 e. The highest BCUT2D eigenvalue weighted by Crippen LogP contribution is 2.30. The number of nitrogens with one attached hydrogen (secondary N) is 2. The van der Waals surface area contributed by atoms with Crippen LogP contribution in [-0.2, 0) is 57.8 Å². The molecule has 5 rings (SSSR count). The highest BCUT2D eigenvalue weighted by molar-refractivity contribution is 5.97. The van der Waals surface area contributed by atoms with Crippen LogP contribution in [0.25, 0.3) is 0 Å². The van der Waals surface area contributed by atoms with Crippen LogP contribution in [0.3, 0.4) is 0 Å². The van der Waals surface area contributed by atoms with E-state index in [-0.39, 0.29) is 25.4 Å². The maximum absolute atomic E-state index is 13.9. The third-order valence-corrected chi connectivity index (χ3v) is 8.54. The van der Waals surface area contributed by atoms with E-state index >= 15 is 0 Å². The molecule has 1 aliphatic rings. The number of aliphatic hydroxyl groups is 1. The van der Waals surface area contributed by atoms with E-state index in [9.17, 15) is 24.3 Å². The van der Waals surface area contributed by atoms with Crippen molar-refractivity contribution in [2.75, 3.05) is 6.61 Å². The molecule has 56 heavy (non-hydrogen) atoms. The van der Waals surface area contributed by atoms with Gasteiger partial charge in [0.1, 0.15) is 36.1 Å². The molecule has 0 saturated carbocycles. The summed E-state index contributed by atoms with van der Waals surface area (Å²) in [6.07, 6.45) is -6.86. The summed E-state index contributed by atoms with van der Waals surface area (Å²) in [7, 11) is 0. The Morgan fingerprint density at radius 1 is 0.679 bits per heavy atom. The molecule has 3 N–H and O–H groups in total. The second-order valence-electron chi connectivity index (χ2n) is 14.1. The standard InChI is InChI=1S/C43H48N2O11/c1-43(2,3)56-41(49)33(44-42(50)55-40(48)32-22-14-7-15-23-32)24-35(47)45-39-38(53-28-31-20-12-6-13-21-31)37(52-27-30-18-10-5-11-19-30)36(34(25-46)54-39)51-26-29-16-8-4-9-17-29/h4-23,33-34,36-39,46H,24-28H2,1-3H3,(H,44,50)(H,45,47)/t33-,34+,36+,37-,38+,39+/m0/s1. The molecule has 1 saturated heterocycles. The first-order valence-electron chi connectivity index (χ1n) is 18.3. The second kappa shape index (κ2) is 20.5. The van der Waals surface area contributed by atoms with E-state index in [4.69, 9.17) is 28.4 Å². The third kappa shape index (κ3) is 12.8. The van der Waals surface area contributed by atoms with E-state index in [2.05, 4.69) is 10.6 Å². The summed E-state index contributed by atoms with van der Waals surface area (Å²) in [5, 5.41) is 15.7. The molecule has 6 atom stereocenters. The molecular formula is C43H48N2O11.